The van der Waals surface area contributed by atoms with Crippen molar-refractivity contribution in [2.24, 2.45) is 0 Å². The zero-order valence-electron chi connectivity index (χ0n) is 9.80. The average Bonchev–Trinajstić information content (AvgIpc) is 2.36. The monoisotopic (exact) mass is 270 g/mol. The fourth-order valence-electron chi connectivity index (χ4n) is 1.98. The van der Waals surface area contributed by atoms with E-state index in [1.54, 1.807) is 23.1 Å². The molecule has 2 rings (SSSR count). The van der Waals surface area contributed by atoms with Crippen molar-refractivity contribution in [3.8, 4) is 0 Å². The van der Waals surface area contributed by atoms with E-state index >= 15 is 0 Å². The van der Waals surface area contributed by atoms with E-state index in [-0.39, 0.29) is 18.6 Å². The van der Waals surface area contributed by atoms with Gasteiger partial charge in [-0.05, 0) is 18.2 Å². The van der Waals surface area contributed by atoms with E-state index in [1.165, 1.54) is 0 Å². The smallest absolute Gasteiger partial charge is 0.254 e. The van der Waals surface area contributed by atoms with Gasteiger partial charge in [0.15, 0.2) is 0 Å². The molecule has 0 bridgehead atoms. The Balaban J connectivity index is 2.23. The number of benzene rings is 1. The molecule has 18 heavy (non-hydrogen) atoms. The van der Waals surface area contributed by atoms with Crippen LogP contribution in [0.15, 0.2) is 18.2 Å². The molecule has 0 spiro atoms. The average molecular weight is 271 g/mol. The Morgan fingerprint density at radius 3 is 3.00 bits per heavy atom. The normalized spacial score (nSPS) is 19.9. The first kappa shape index (κ1) is 13.1. The molecule has 1 aliphatic heterocycles. The Kier molecular flexibility index (Phi) is 4.06. The van der Waals surface area contributed by atoms with Crippen LogP contribution in [-0.2, 0) is 4.74 Å². The highest BCUT2D eigenvalue weighted by molar-refractivity contribution is 6.31. The minimum absolute atomic E-state index is 0.123. The first-order chi connectivity index (χ1) is 8.61. The van der Waals surface area contributed by atoms with Crippen molar-refractivity contribution < 1.29 is 14.6 Å². The predicted octanol–water partition coefficient (Wildman–Crippen LogP) is 0.756. The molecular weight excluding hydrogens is 256 g/mol. The van der Waals surface area contributed by atoms with Crippen LogP contribution < -0.4 is 5.73 Å². The third-order valence-corrected chi connectivity index (χ3v) is 3.08. The largest absolute Gasteiger partial charge is 0.399 e. The van der Waals surface area contributed by atoms with Gasteiger partial charge in [-0.1, -0.05) is 11.6 Å². The second-order valence-electron chi connectivity index (χ2n) is 4.18. The maximum atomic E-state index is 12.3. The molecule has 98 valence electrons. The zero-order chi connectivity index (χ0) is 13.1. The number of carbonyl (C=O) groups is 1. The molecule has 0 aromatic heterocycles. The lowest BCUT2D eigenvalue weighted by Crippen LogP contribution is -2.50. The summed E-state index contributed by atoms with van der Waals surface area (Å²) in [6.45, 7) is 1.15. The van der Waals surface area contributed by atoms with Crippen molar-refractivity contribution in [3.05, 3.63) is 28.8 Å². The number of halogens is 1. The van der Waals surface area contributed by atoms with Crippen molar-refractivity contribution in [1.82, 2.24) is 4.90 Å². The fraction of sp³-hybridized carbons (Fsp3) is 0.417. The van der Waals surface area contributed by atoms with E-state index in [0.29, 0.717) is 36.0 Å². The molecule has 1 aromatic carbocycles. The second-order valence-corrected chi connectivity index (χ2v) is 4.62. The number of nitrogens with two attached hydrogens (primary N) is 1. The van der Waals surface area contributed by atoms with Crippen LogP contribution in [0.25, 0.3) is 0 Å². The van der Waals surface area contributed by atoms with Crippen LogP contribution in [0.2, 0.25) is 5.02 Å². The molecule has 1 heterocycles. The molecule has 1 unspecified atom stereocenters. The molecule has 0 saturated carbocycles. The quantitative estimate of drug-likeness (QED) is 0.778. The molecule has 1 aromatic rings. The van der Waals surface area contributed by atoms with Gasteiger partial charge in [0.05, 0.1) is 25.9 Å². The number of hydrogen-bond acceptors (Lipinski definition) is 4. The molecule has 1 aliphatic rings. The zero-order valence-corrected chi connectivity index (χ0v) is 10.6. The number of anilines is 1. The molecule has 1 fully saturated rings. The first-order valence-electron chi connectivity index (χ1n) is 5.67. The van der Waals surface area contributed by atoms with Gasteiger partial charge < -0.3 is 20.5 Å². The third kappa shape index (κ3) is 2.75. The van der Waals surface area contributed by atoms with Crippen molar-refractivity contribution in [2.75, 3.05) is 32.1 Å². The number of aliphatic hydroxyl groups is 1. The summed E-state index contributed by atoms with van der Waals surface area (Å²) in [6.07, 6.45) is 0. The van der Waals surface area contributed by atoms with E-state index in [1.807, 2.05) is 0 Å². The van der Waals surface area contributed by atoms with Crippen molar-refractivity contribution in [2.45, 2.75) is 6.04 Å². The minimum atomic E-state index is -0.313. The summed E-state index contributed by atoms with van der Waals surface area (Å²) in [5.74, 6) is -0.188. The minimum Gasteiger partial charge on any atom is -0.399 e. The molecule has 5 nitrogen and oxygen atoms in total. The highest BCUT2D eigenvalue weighted by Crippen LogP contribution is 2.19. The Labute approximate surface area is 110 Å². The number of hydrogen-bond donors (Lipinski definition) is 2. The summed E-state index contributed by atoms with van der Waals surface area (Å²) in [5, 5.41) is 9.67. The molecule has 1 atom stereocenters. The highest BCUT2D eigenvalue weighted by atomic mass is 35.5. The number of morpholine rings is 1. The summed E-state index contributed by atoms with van der Waals surface area (Å²) >= 11 is 5.88. The first-order valence-corrected chi connectivity index (χ1v) is 6.05. The molecule has 0 radical (unpaired) electrons. The second kappa shape index (κ2) is 5.56. The summed E-state index contributed by atoms with van der Waals surface area (Å²) < 4.78 is 5.23. The van der Waals surface area contributed by atoms with E-state index in [9.17, 15) is 9.90 Å². The van der Waals surface area contributed by atoms with E-state index in [2.05, 4.69) is 0 Å². The lowest BCUT2D eigenvalue weighted by Gasteiger charge is -2.34. The van der Waals surface area contributed by atoms with Gasteiger partial charge in [0.1, 0.15) is 0 Å². The molecule has 1 amide bonds. The Morgan fingerprint density at radius 2 is 2.33 bits per heavy atom. The summed E-state index contributed by atoms with van der Waals surface area (Å²) in [6, 6.07) is 4.43. The number of amides is 1. The summed E-state index contributed by atoms with van der Waals surface area (Å²) in [7, 11) is 0. The maximum absolute atomic E-state index is 12.3. The molecule has 0 aliphatic carbocycles. The van der Waals surface area contributed by atoms with Crippen molar-refractivity contribution >= 4 is 23.2 Å². The van der Waals surface area contributed by atoms with Crippen LogP contribution in [0.3, 0.4) is 0 Å². The van der Waals surface area contributed by atoms with Crippen LogP contribution in [0.5, 0.6) is 0 Å². The van der Waals surface area contributed by atoms with Gasteiger partial charge in [0.25, 0.3) is 5.91 Å². The maximum Gasteiger partial charge on any atom is 0.254 e. The highest BCUT2D eigenvalue weighted by Gasteiger charge is 2.27. The summed E-state index contributed by atoms with van der Waals surface area (Å²) in [4.78, 5) is 13.9. The number of nitrogens with zero attached hydrogens (tertiary/aromatic N) is 1. The van der Waals surface area contributed by atoms with Gasteiger partial charge in [0.2, 0.25) is 0 Å². The van der Waals surface area contributed by atoms with Crippen LogP contribution >= 0.6 is 11.6 Å². The van der Waals surface area contributed by atoms with Gasteiger partial charge in [-0.25, -0.2) is 0 Å². The SMILES string of the molecule is Nc1cc(Cl)cc(C(=O)N2CCOCC2CO)c1. The van der Waals surface area contributed by atoms with Crippen LogP contribution in [0.4, 0.5) is 5.69 Å². The van der Waals surface area contributed by atoms with Crippen LogP contribution in [0, 0.1) is 0 Å². The lowest BCUT2D eigenvalue weighted by atomic mass is 10.1. The topological polar surface area (TPSA) is 75.8 Å². The van der Waals surface area contributed by atoms with Gasteiger partial charge in [-0.15, -0.1) is 0 Å². The number of aliphatic hydroxyl groups excluding tert-OH is 1. The number of rotatable bonds is 2. The van der Waals surface area contributed by atoms with Gasteiger partial charge in [0, 0.05) is 22.8 Å². The predicted molar refractivity (Wildman–Crippen MR) is 68.6 cm³/mol. The van der Waals surface area contributed by atoms with Crippen molar-refractivity contribution in [1.29, 1.82) is 0 Å². The number of carbonyl (C=O) groups excluding carboxylic acids is 1. The standard InChI is InChI=1S/C12H15ClN2O3/c13-9-3-8(4-10(14)5-9)12(17)15-1-2-18-7-11(15)6-16/h3-5,11,16H,1-2,6-7,14H2. The van der Waals surface area contributed by atoms with Crippen LogP contribution in [0.1, 0.15) is 10.4 Å². The van der Waals surface area contributed by atoms with E-state index in [0.717, 1.165) is 0 Å². The molecule has 6 heteroatoms. The van der Waals surface area contributed by atoms with E-state index < -0.39 is 0 Å². The fourth-order valence-corrected chi connectivity index (χ4v) is 2.22. The van der Waals surface area contributed by atoms with Crippen molar-refractivity contribution in [3.63, 3.8) is 0 Å². The van der Waals surface area contributed by atoms with Crippen LogP contribution in [-0.4, -0.2) is 48.3 Å². The molecular formula is C12H15ClN2O3. The Morgan fingerprint density at radius 1 is 1.56 bits per heavy atom. The number of ether oxygens (including phenoxy) is 1. The Bertz CT molecular complexity index is 433. The lowest BCUT2D eigenvalue weighted by molar-refractivity contribution is -0.0183. The molecule has 3 N–H and O–H groups in total. The van der Waals surface area contributed by atoms with Gasteiger partial charge in [-0.2, -0.15) is 0 Å². The van der Waals surface area contributed by atoms with Gasteiger partial charge >= 0.3 is 0 Å². The van der Waals surface area contributed by atoms with E-state index in [4.69, 9.17) is 22.1 Å². The number of nitrogen functional groups attached to an aromatic ring is 1. The summed E-state index contributed by atoms with van der Waals surface area (Å²) in [5.41, 5.74) is 6.54. The van der Waals surface area contributed by atoms with Gasteiger partial charge in [-0.3, -0.25) is 4.79 Å². The third-order valence-electron chi connectivity index (χ3n) is 2.87. The molecule has 1 saturated heterocycles. The Hall–Kier alpha value is -1.30.